The number of nitrogens with zero attached hydrogens (tertiary/aromatic N) is 2. The van der Waals surface area contributed by atoms with Gasteiger partial charge in [0.1, 0.15) is 0 Å². The van der Waals surface area contributed by atoms with E-state index in [1.807, 2.05) is 12.3 Å². The van der Waals surface area contributed by atoms with Crippen LogP contribution in [0.3, 0.4) is 0 Å². The first-order valence-electron chi connectivity index (χ1n) is 7.53. The molecule has 20 heavy (non-hydrogen) atoms. The molecule has 1 saturated heterocycles. The first kappa shape index (κ1) is 13.5. The van der Waals surface area contributed by atoms with Crippen molar-refractivity contribution >= 4 is 10.9 Å². The molecule has 1 aromatic carbocycles. The number of aromatic nitrogens is 1. The Labute approximate surface area is 120 Å². The lowest BCUT2D eigenvalue weighted by molar-refractivity contribution is 0.126. The summed E-state index contributed by atoms with van der Waals surface area (Å²) in [5, 5.41) is 1.28. The van der Waals surface area contributed by atoms with Crippen LogP contribution in [0, 0.1) is 11.8 Å². The number of hydrogen-bond donors (Lipinski definition) is 1. The first-order chi connectivity index (χ1) is 9.78. The Hall–Kier alpha value is -1.45. The van der Waals surface area contributed by atoms with Crippen LogP contribution in [0.4, 0.5) is 0 Å². The lowest BCUT2D eigenvalue weighted by atomic mass is 9.87. The topological polar surface area (TPSA) is 42.2 Å². The van der Waals surface area contributed by atoms with Crippen LogP contribution in [0.15, 0.2) is 36.5 Å². The molecule has 0 amide bonds. The maximum atomic E-state index is 5.90. The summed E-state index contributed by atoms with van der Waals surface area (Å²) >= 11 is 0. The number of pyridine rings is 1. The van der Waals surface area contributed by atoms with Crippen LogP contribution in [0.2, 0.25) is 0 Å². The van der Waals surface area contributed by atoms with Gasteiger partial charge in [-0.2, -0.15) is 0 Å². The number of para-hydroxylation sites is 1. The molecular weight excluding hydrogens is 246 g/mol. The van der Waals surface area contributed by atoms with Crippen molar-refractivity contribution in [2.45, 2.75) is 19.9 Å². The van der Waals surface area contributed by atoms with Crippen LogP contribution in [0.25, 0.3) is 10.9 Å². The second kappa shape index (κ2) is 5.90. The maximum absolute atomic E-state index is 5.90. The predicted molar refractivity (Wildman–Crippen MR) is 83.3 cm³/mol. The highest BCUT2D eigenvalue weighted by Gasteiger charge is 2.25. The van der Waals surface area contributed by atoms with Gasteiger partial charge in [0, 0.05) is 24.7 Å². The van der Waals surface area contributed by atoms with Crippen molar-refractivity contribution in [1.82, 2.24) is 9.88 Å². The zero-order valence-corrected chi connectivity index (χ0v) is 12.1. The molecule has 3 heteroatoms. The zero-order valence-electron chi connectivity index (χ0n) is 12.1. The van der Waals surface area contributed by atoms with Gasteiger partial charge in [-0.15, -0.1) is 0 Å². The second-order valence-electron chi connectivity index (χ2n) is 5.98. The highest BCUT2D eigenvalue weighted by atomic mass is 15.1. The molecule has 0 aliphatic carbocycles. The molecule has 2 heterocycles. The van der Waals surface area contributed by atoms with Gasteiger partial charge < -0.3 is 5.73 Å². The van der Waals surface area contributed by atoms with Gasteiger partial charge in [-0.1, -0.05) is 25.1 Å². The second-order valence-corrected chi connectivity index (χ2v) is 5.98. The summed E-state index contributed by atoms with van der Waals surface area (Å²) in [6, 6.07) is 10.5. The van der Waals surface area contributed by atoms with Crippen LogP contribution in [-0.4, -0.2) is 29.5 Å². The largest absolute Gasteiger partial charge is 0.330 e. The lowest BCUT2D eigenvalue weighted by Gasteiger charge is -2.36. The van der Waals surface area contributed by atoms with Crippen molar-refractivity contribution in [3.8, 4) is 0 Å². The van der Waals surface area contributed by atoms with Gasteiger partial charge in [-0.25, -0.2) is 0 Å². The number of likely N-dealkylation sites (tertiary alicyclic amines) is 1. The third-order valence-corrected chi connectivity index (χ3v) is 4.63. The molecule has 0 radical (unpaired) electrons. The Morgan fingerprint density at radius 3 is 3.00 bits per heavy atom. The highest BCUT2D eigenvalue weighted by molar-refractivity contribution is 5.81. The average Bonchev–Trinajstić information content (AvgIpc) is 2.49. The molecule has 1 aromatic heterocycles. The van der Waals surface area contributed by atoms with E-state index in [1.165, 1.54) is 23.9 Å². The molecule has 2 N–H and O–H groups in total. The molecule has 3 rings (SSSR count). The molecule has 0 bridgehead atoms. The SMILES string of the molecule is CC1CCN(Cc2ccnc3ccccc23)CC1CN. The lowest BCUT2D eigenvalue weighted by Crippen LogP contribution is -2.42. The van der Waals surface area contributed by atoms with E-state index in [0.29, 0.717) is 5.92 Å². The number of rotatable bonds is 3. The molecule has 1 fully saturated rings. The molecule has 0 saturated carbocycles. The van der Waals surface area contributed by atoms with E-state index in [2.05, 4.69) is 41.1 Å². The highest BCUT2D eigenvalue weighted by Crippen LogP contribution is 2.25. The van der Waals surface area contributed by atoms with Crippen LogP contribution in [-0.2, 0) is 6.54 Å². The quantitative estimate of drug-likeness (QED) is 0.931. The van der Waals surface area contributed by atoms with Gasteiger partial charge in [-0.05, 0) is 49.0 Å². The maximum Gasteiger partial charge on any atom is 0.0705 e. The van der Waals surface area contributed by atoms with Crippen molar-refractivity contribution in [3.63, 3.8) is 0 Å². The van der Waals surface area contributed by atoms with E-state index >= 15 is 0 Å². The predicted octanol–water partition coefficient (Wildman–Crippen LogP) is 2.65. The molecular formula is C17H23N3. The number of piperidine rings is 1. The smallest absolute Gasteiger partial charge is 0.0705 e. The summed E-state index contributed by atoms with van der Waals surface area (Å²) in [4.78, 5) is 6.98. The number of hydrogen-bond acceptors (Lipinski definition) is 3. The summed E-state index contributed by atoms with van der Waals surface area (Å²) < 4.78 is 0. The summed E-state index contributed by atoms with van der Waals surface area (Å²) in [6.45, 7) is 6.43. The zero-order chi connectivity index (χ0) is 13.9. The Morgan fingerprint density at radius 1 is 1.30 bits per heavy atom. The minimum atomic E-state index is 0.636. The van der Waals surface area contributed by atoms with E-state index < -0.39 is 0 Å². The fourth-order valence-electron chi connectivity index (χ4n) is 3.21. The van der Waals surface area contributed by atoms with E-state index in [4.69, 9.17) is 5.73 Å². The fourth-order valence-corrected chi connectivity index (χ4v) is 3.21. The van der Waals surface area contributed by atoms with Gasteiger partial charge in [-0.3, -0.25) is 9.88 Å². The Morgan fingerprint density at radius 2 is 2.15 bits per heavy atom. The molecule has 2 aromatic rings. The summed E-state index contributed by atoms with van der Waals surface area (Å²) in [6.07, 6.45) is 3.18. The standard InChI is InChI=1S/C17H23N3/c1-13-7-9-20(12-15(13)10-18)11-14-6-8-19-17-5-3-2-4-16(14)17/h2-6,8,13,15H,7,9-12,18H2,1H3. The molecule has 106 valence electrons. The van der Waals surface area contributed by atoms with Crippen LogP contribution >= 0.6 is 0 Å². The normalized spacial score (nSPS) is 24.1. The van der Waals surface area contributed by atoms with Gasteiger partial charge in [0.15, 0.2) is 0 Å². The van der Waals surface area contributed by atoms with Crippen molar-refractivity contribution in [1.29, 1.82) is 0 Å². The Bertz CT molecular complexity index is 576. The molecule has 2 unspecified atom stereocenters. The number of nitrogens with two attached hydrogens (primary N) is 1. The molecule has 1 aliphatic rings. The monoisotopic (exact) mass is 269 g/mol. The molecule has 1 aliphatic heterocycles. The van der Waals surface area contributed by atoms with Crippen molar-refractivity contribution in [2.75, 3.05) is 19.6 Å². The fraction of sp³-hybridized carbons (Fsp3) is 0.471. The van der Waals surface area contributed by atoms with E-state index in [-0.39, 0.29) is 0 Å². The van der Waals surface area contributed by atoms with Crippen molar-refractivity contribution < 1.29 is 0 Å². The third kappa shape index (κ3) is 2.69. The number of benzene rings is 1. The molecule has 3 nitrogen and oxygen atoms in total. The molecule has 0 spiro atoms. The summed E-state index contributed by atoms with van der Waals surface area (Å²) in [5.41, 5.74) is 8.37. The summed E-state index contributed by atoms with van der Waals surface area (Å²) in [7, 11) is 0. The average molecular weight is 269 g/mol. The van der Waals surface area contributed by atoms with Gasteiger partial charge in [0.2, 0.25) is 0 Å². The third-order valence-electron chi connectivity index (χ3n) is 4.63. The van der Waals surface area contributed by atoms with E-state index in [0.717, 1.165) is 31.1 Å². The van der Waals surface area contributed by atoms with Gasteiger partial charge >= 0.3 is 0 Å². The Kier molecular flexibility index (Phi) is 3.99. The number of fused-ring (bicyclic) bond motifs is 1. The van der Waals surface area contributed by atoms with Gasteiger partial charge in [0.25, 0.3) is 0 Å². The minimum absolute atomic E-state index is 0.636. The van der Waals surface area contributed by atoms with Gasteiger partial charge in [0.05, 0.1) is 5.52 Å². The van der Waals surface area contributed by atoms with Crippen LogP contribution in [0.1, 0.15) is 18.9 Å². The van der Waals surface area contributed by atoms with Crippen molar-refractivity contribution in [3.05, 3.63) is 42.1 Å². The first-order valence-corrected chi connectivity index (χ1v) is 7.53. The minimum Gasteiger partial charge on any atom is -0.330 e. The van der Waals surface area contributed by atoms with Crippen LogP contribution < -0.4 is 5.73 Å². The van der Waals surface area contributed by atoms with E-state index in [1.54, 1.807) is 0 Å². The summed E-state index contributed by atoms with van der Waals surface area (Å²) in [5.74, 6) is 1.39. The van der Waals surface area contributed by atoms with Crippen molar-refractivity contribution in [2.24, 2.45) is 17.6 Å². The Balaban J connectivity index is 1.80. The van der Waals surface area contributed by atoms with E-state index in [9.17, 15) is 0 Å². The van der Waals surface area contributed by atoms with Crippen LogP contribution in [0.5, 0.6) is 0 Å². The molecule has 2 atom stereocenters.